The van der Waals surface area contributed by atoms with Crippen LogP contribution in [0.3, 0.4) is 0 Å². The van der Waals surface area contributed by atoms with E-state index in [-0.39, 0.29) is 17.5 Å². The molecule has 1 amide bonds. The first-order valence-electron chi connectivity index (χ1n) is 10.8. The number of aliphatic hydroxyl groups excluding tert-OH is 1. The van der Waals surface area contributed by atoms with E-state index in [0.29, 0.717) is 24.6 Å². The smallest absolute Gasteiger partial charge is 0.290 e. The van der Waals surface area contributed by atoms with Crippen LogP contribution in [0.15, 0.2) is 53.1 Å². The average Bonchev–Trinajstić information content (AvgIpc) is 3.53. The van der Waals surface area contributed by atoms with E-state index in [9.17, 15) is 14.7 Å². The number of ketones is 1. The van der Waals surface area contributed by atoms with Crippen molar-refractivity contribution in [3.8, 4) is 5.75 Å². The molecule has 7 heteroatoms. The number of rotatable bonds is 9. The van der Waals surface area contributed by atoms with Crippen molar-refractivity contribution in [3.05, 3.63) is 63.6 Å². The molecular weight excluding hydrogens is 414 g/mol. The zero-order chi connectivity index (χ0) is 21.8. The Morgan fingerprint density at radius 1 is 1.29 bits per heavy atom. The van der Waals surface area contributed by atoms with Gasteiger partial charge < -0.3 is 19.5 Å². The van der Waals surface area contributed by atoms with Crippen molar-refractivity contribution >= 4 is 23.0 Å². The largest absolute Gasteiger partial charge is 0.503 e. The van der Waals surface area contributed by atoms with E-state index in [4.69, 9.17) is 9.47 Å². The summed E-state index contributed by atoms with van der Waals surface area (Å²) in [7, 11) is 0. The number of carbonyl (C=O) groups excluding carboxylic acids is 2. The molecule has 1 aromatic carbocycles. The van der Waals surface area contributed by atoms with Crippen LogP contribution in [0.25, 0.3) is 0 Å². The predicted octanol–water partition coefficient (Wildman–Crippen LogP) is 4.68. The molecule has 0 saturated carbocycles. The van der Waals surface area contributed by atoms with Crippen LogP contribution < -0.4 is 4.74 Å². The Bertz CT molecular complexity index is 945. The second kappa shape index (κ2) is 9.66. The maximum Gasteiger partial charge on any atom is 0.290 e. The van der Waals surface area contributed by atoms with Crippen molar-refractivity contribution in [1.82, 2.24) is 4.90 Å². The number of amides is 1. The standard InChI is InChI=1S/C24H27NO5S/c1-2-3-12-29-17-10-8-16(9-11-17)21-20(22(26)19-7-5-14-31-19)23(27)24(28)25(21)15-18-6-4-13-30-18/h5,7-11,14,18,21,27H,2-4,6,12-13,15H2,1H3/t18-,21+/m1/s1. The average molecular weight is 442 g/mol. The van der Waals surface area contributed by atoms with Crippen LogP contribution >= 0.6 is 11.3 Å². The quantitative estimate of drug-likeness (QED) is 0.452. The third-order valence-corrected chi connectivity index (χ3v) is 6.55. The number of carbonyl (C=O) groups is 2. The van der Waals surface area contributed by atoms with Gasteiger partial charge in [0.15, 0.2) is 5.76 Å². The summed E-state index contributed by atoms with van der Waals surface area (Å²) in [6.07, 6.45) is 3.74. The van der Waals surface area contributed by atoms with Gasteiger partial charge in [0.1, 0.15) is 5.75 Å². The first kappa shape index (κ1) is 21.6. The van der Waals surface area contributed by atoms with Crippen LogP contribution in [0, 0.1) is 0 Å². The van der Waals surface area contributed by atoms with E-state index >= 15 is 0 Å². The second-order valence-electron chi connectivity index (χ2n) is 7.83. The van der Waals surface area contributed by atoms with Gasteiger partial charge in [-0.3, -0.25) is 9.59 Å². The molecular formula is C24H27NO5S. The van der Waals surface area contributed by atoms with Gasteiger partial charge in [-0.1, -0.05) is 31.5 Å². The summed E-state index contributed by atoms with van der Waals surface area (Å²) in [6.45, 7) is 3.76. The SMILES string of the molecule is CCCCOc1ccc([C@H]2C(C(=O)c3cccs3)=C(O)C(=O)N2C[C@H]2CCCO2)cc1. The van der Waals surface area contributed by atoms with E-state index in [1.54, 1.807) is 17.0 Å². The Morgan fingerprint density at radius 3 is 2.74 bits per heavy atom. The maximum absolute atomic E-state index is 13.2. The molecule has 4 rings (SSSR count). The summed E-state index contributed by atoms with van der Waals surface area (Å²) in [5.41, 5.74) is 0.892. The Labute approximate surface area is 186 Å². The van der Waals surface area contributed by atoms with Gasteiger partial charge in [0.25, 0.3) is 5.91 Å². The fourth-order valence-electron chi connectivity index (χ4n) is 4.05. The van der Waals surface area contributed by atoms with Crippen LogP contribution in [0.2, 0.25) is 0 Å². The van der Waals surface area contributed by atoms with Gasteiger partial charge in [0.2, 0.25) is 5.78 Å². The fraction of sp³-hybridized carbons (Fsp3) is 0.417. The Kier molecular flexibility index (Phi) is 6.73. The van der Waals surface area contributed by atoms with Gasteiger partial charge >= 0.3 is 0 Å². The van der Waals surface area contributed by atoms with Gasteiger partial charge in [-0.25, -0.2) is 0 Å². The first-order chi connectivity index (χ1) is 15.1. The molecule has 0 bridgehead atoms. The fourth-order valence-corrected chi connectivity index (χ4v) is 4.73. The van der Waals surface area contributed by atoms with Crippen LogP contribution in [0.1, 0.15) is 53.9 Å². The Hall–Kier alpha value is -2.64. The van der Waals surface area contributed by atoms with Crippen molar-refractivity contribution < 1.29 is 24.2 Å². The Morgan fingerprint density at radius 2 is 2.10 bits per heavy atom. The lowest BCUT2D eigenvalue weighted by atomic mass is 9.95. The molecule has 164 valence electrons. The van der Waals surface area contributed by atoms with E-state index in [0.717, 1.165) is 37.0 Å². The van der Waals surface area contributed by atoms with Gasteiger partial charge in [-0.05, 0) is 48.4 Å². The number of Topliss-reactive ketones (excluding diaryl/α,β-unsaturated/α-hetero) is 1. The van der Waals surface area contributed by atoms with Crippen LogP contribution in [0.5, 0.6) is 5.75 Å². The molecule has 0 unspecified atom stereocenters. The van der Waals surface area contributed by atoms with Crippen molar-refractivity contribution in [1.29, 1.82) is 0 Å². The topological polar surface area (TPSA) is 76.1 Å². The summed E-state index contributed by atoms with van der Waals surface area (Å²) in [6, 6.07) is 10.3. The van der Waals surface area contributed by atoms with Gasteiger partial charge in [-0.15, -0.1) is 11.3 Å². The molecule has 0 radical (unpaired) electrons. The number of nitrogens with zero attached hydrogens (tertiary/aromatic N) is 1. The third kappa shape index (κ3) is 4.52. The molecule has 1 N–H and O–H groups in total. The monoisotopic (exact) mass is 441 g/mol. The molecule has 1 fully saturated rings. The van der Waals surface area contributed by atoms with Crippen LogP contribution in [-0.4, -0.2) is 47.6 Å². The minimum absolute atomic E-state index is 0.0907. The van der Waals surface area contributed by atoms with E-state index in [2.05, 4.69) is 6.92 Å². The summed E-state index contributed by atoms with van der Waals surface area (Å²) >= 11 is 1.30. The molecule has 6 nitrogen and oxygen atoms in total. The molecule has 0 spiro atoms. The summed E-state index contributed by atoms with van der Waals surface area (Å²) in [5.74, 6) is -0.566. The first-order valence-corrected chi connectivity index (χ1v) is 11.6. The van der Waals surface area contributed by atoms with Crippen molar-refractivity contribution in [3.63, 3.8) is 0 Å². The summed E-state index contributed by atoms with van der Waals surface area (Å²) in [5, 5.41) is 12.5. The number of aliphatic hydroxyl groups is 1. The maximum atomic E-state index is 13.2. The molecule has 31 heavy (non-hydrogen) atoms. The summed E-state index contributed by atoms with van der Waals surface area (Å²) < 4.78 is 11.5. The minimum Gasteiger partial charge on any atom is -0.503 e. The normalized spacial score (nSPS) is 21.2. The van der Waals surface area contributed by atoms with E-state index in [1.165, 1.54) is 11.3 Å². The second-order valence-corrected chi connectivity index (χ2v) is 8.78. The highest BCUT2D eigenvalue weighted by atomic mass is 32.1. The molecule has 0 aliphatic carbocycles. The van der Waals surface area contributed by atoms with Gasteiger partial charge in [-0.2, -0.15) is 0 Å². The third-order valence-electron chi connectivity index (χ3n) is 5.68. The molecule has 2 aromatic rings. The van der Waals surface area contributed by atoms with Crippen molar-refractivity contribution in [2.24, 2.45) is 0 Å². The molecule has 2 aliphatic heterocycles. The van der Waals surface area contributed by atoms with Crippen molar-refractivity contribution in [2.75, 3.05) is 19.8 Å². The molecule has 2 atom stereocenters. The number of ether oxygens (including phenoxy) is 2. The summed E-state index contributed by atoms with van der Waals surface area (Å²) in [4.78, 5) is 28.3. The number of hydrogen-bond donors (Lipinski definition) is 1. The molecule has 3 heterocycles. The van der Waals surface area contributed by atoms with Gasteiger partial charge in [0, 0.05) is 13.2 Å². The highest BCUT2D eigenvalue weighted by molar-refractivity contribution is 7.12. The lowest BCUT2D eigenvalue weighted by Crippen LogP contribution is -2.37. The van der Waals surface area contributed by atoms with Gasteiger partial charge in [0.05, 0.1) is 29.2 Å². The highest BCUT2D eigenvalue weighted by Gasteiger charge is 2.45. The number of benzene rings is 1. The molecule has 1 saturated heterocycles. The lowest BCUT2D eigenvalue weighted by Gasteiger charge is -2.29. The van der Waals surface area contributed by atoms with E-state index in [1.807, 2.05) is 29.6 Å². The number of hydrogen-bond acceptors (Lipinski definition) is 6. The number of thiophene rings is 1. The highest BCUT2D eigenvalue weighted by Crippen LogP contribution is 2.40. The van der Waals surface area contributed by atoms with Crippen molar-refractivity contribution in [2.45, 2.75) is 44.8 Å². The Balaban J connectivity index is 1.65. The minimum atomic E-state index is -0.656. The van der Waals surface area contributed by atoms with Crippen LogP contribution in [-0.2, 0) is 9.53 Å². The number of unbranched alkanes of at least 4 members (excludes halogenated alkanes) is 1. The lowest BCUT2D eigenvalue weighted by molar-refractivity contribution is -0.131. The zero-order valence-electron chi connectivity index (χ0n) is 17.6. The predicted molar refractivity (Wildman–Crippen MR) is 119 cm³/mol. The molecule has 2 aliphatic rings. The van der Waals surface area contributed by atoms with E-state index < -0.39 is 17.7 Å². The van der Waals surface area contributed by atoms with Crippen LogP contribution in [0.4, 0.5) is 0 Å². The zero-order valence-corrected chi connectivity index (χ0v) is 18.4. The molecule has 1 aromatic heterocycles.